The minimum atomic E-state index is -0.338. The topological polar surface area (TPSA) is 90.4 Å². The molecule has 1 unspecified atom stereocenters. The number of benzene rings is 1. The number of aromatic nitrogens is 1. The summed E-state index contributed by atoms with van der Waals surface area (Å²) in [6.07, 6.45) is 1.31. The number of oxazole rings is 1. The third-order valence-electron chi connectivity index (χ3n) is 2.73. The molecule has 3 N–H and O–H groups in total. The van der Waals surface area contributed by atoms with E-state index in [0.717, 1.165) is 11.3 Å². The number of methoxy groups -OCH3 is 1. The maximum atomic E-state index is 11.9. The first-order valence-corrected chi connectivity index (χ1v) is 6.22. The van der Waals surface area contributed by atoms with Crippen LogP contribution in [0.5, 0.6) is 5.75 Å². The van der Waals surface area contributed by atoms with Crippen LogP contribution in [0.1, 0.15) is 34.9 Å². The van der Waals surface area contributed by atoms with Crippen LogP contribution in [0, 0.1) is 0 Å². The molecule has 0 aliphatic carbocycles. The van der Waals surface area contributed by atoms with Gasteiger partial charge in [-0.1, -0.05) is 12.1 Å². The second kappa shape index (κ2) is 6.21. The first-order chi connectivity index (χ1) is 9.60. The Kier molecular flexibility index (Phi) is 4.37. The zero-order chi connectivity index (χ0) is 14.5. The van der Waals surface area contributed by atoms with Gasteiger partial charge in [0.25, 0.3) is 5.91 Å². The lowest BCUT2D eigenvalue weighted by atomic mass is 10.2. The van der Waals surface area contributed by atoms with E-state index in [-0.39, 0.29) is 17.6 Å². The van der Waals surface area contributed by atoms with Crippen molar-refractivity contribution in [2.24, 2.45) is 5.73 Å². The SMILES string of the molecule is COc1cccc(CNC(=O)c2coc(C(C)N)n2)c1. The van der Waals surface area contributed by atoms with Crippen LogP contribution in [-0.2, 0) is 6.54 Å². The zero-order valence-corrected chi connectivity index (χ0v) is 11.4. The number of amides is 1. The molecule has 20 heavy (non-hydrogen) atoms. The van der Waals surface area contributed by atoms with Crippen LogP contribution >= 0.6 is 0 Å². The summed E-state index contributed by atoms with van der Waals surface area (Å²) in [5.74, 6) is 0.789. The van der Waals surface area contributed by atoms with Gasteiger partial charge in [-0.3, -0.25) is 4.79 Å². The van der Waals surface area contributed by atoms with Crippen LogP contribution in [0.15, 0.2) is 34.9 Å². The molecule has 0 aliphatic rings. The summed E-state index contributed by atoms with van der Waals surface area (Å²) < 4.78 is 10.2. The number of hydrogen-bond donors (Lipinski definition) is 2. The Morgan fingerprint density at radius 2 is 2.35 bits per heavy atom. The second-order valence-corrected chi connectivity index (χ2v) is 4.39. The largest absolute Gasteiger partial charge is 0.497 e. The number of carbonyl (C=O) groups excluding carboxylic acids is 1. The molecule has 0 fully saturated rings. The molecule has 6 heteroatoms. The third-order valence-corrected chi connectivity index (χ3v) is 2.73. The highest BCUT2D eigenvalue weighted by molar-refractivity contribution is 5.91. The summed E-state index contributed by atoms with van der Waals surface area (Å²) in [5.41, 5.74) is 6.78. The number of nitrogens with zero attached hydrogens (tertiary/aromatic N) is 1. The number of nitrogens with two attached hydrogens (primary N) is 1. The van der Waals surface area contributed by atoms with Crippen molar-refractivity contribution in [1.82, 2.24) is 10.3 Å². The summed E-state index contributed by atoms with van der Waals surface area (Å²) in [6, 6.07) is 7.13. The monoisotopic (exact) mass is 275 g/mol. The average Bonchev–Trinajstić information content (AvgIpc) is 2.95. The molecule has 1 aromatic heterocycles. The molecule has 0 spiro atoms. The van der Waals surface area contributed by atoms with Gasteiger partial charge in [-0.15, -0.1) is 0 Å². The molecule has 0 saturated heterocycles. The highest BCUT2D eigenvalue weighted by atomic mass is 16.5. The smallest absolute Gasteiger partial charge is 0.273 e. The minimum absolute atomic E-state index is 0.222. The van der Waals surface area contributed by atoms with E-state index in [2.05, 4.69) is 10.3 Å². The molecule has 106 valence electrons. The van der Waals surface area contributed by atoms with Gasteiger partial charge in [-0.25, -0.2) is 4.98 Å². The van der Waals surface area contributed by atoms with E-state index in [9.17, 15) is 4.79 Å². The molecule has 0 aliphatic heterocycles. The fourth-order valence-corrected chi connectivity index (χ4v) is 1.66. The van der Waals surface area contributed by atoms with Gasteiger partial charge in [0.05, 0.1) is 13.2 Å². The van der Waals surface area contributed by atoms with E-state index >= 15 is 0 Å². The van der Waals surface area contributed by atoms with E-state index in [1.165, 1.54) is 6.26 Å². The van der Waals surface area contributed by atoms with Crippen LogP contribution in [0.25, 0.3) is 0 Å². The Balaban J connectivity index is 1.97. The summed E-state index contributed by atoms with van der Waals surface area (Å²) in [5, 5.41) is 2.76. The van der Waals surface area contributed by atoms with Crippen molar-refractivity contribution in [3.63, 3.8) is 0 Å². The Labute approximate surface area is 116 Å². The van der Waals surface area contributed by atoms with Crippen molar-refractivity contribution in [3.8, 4) is 5.75 Å². The highest BCUT2D eigenvalue weighted by Gasteiger charge is 2.14. The number of rotatable bonds is 5. The van der Waals surface area contributed by atoms with Crippen LogP contribution in [0.2, 0.25) is 0 Å². The summed E-state index contributed by atoms with van der Waals surface area (Å²) in [7, 11) is 1.60. The normalized spacial score (nSPS) is 11.9. The molecule has 0 bridgehead atoms. The van der Waals surface area contributed by atoms with Crippen molar-refractivity contribution in [2.75, 3.05) is 7.11 Å². The van der Waals surface area contributed by atoms with Crippen LogP contribution < -0.4 is 15.8 Å². The molecule has 1 aromatic carbocycles. The summed E-state index contributed by atoms with van der Waals surface area (Å²) >= 11 is 0. The van der Waals surface area contributed by atoms with Crippen molar-refractivity contribution < 1.29 is 13.9 Å². The van der Waals surface area contributed by atoms with Crippen molar-refractivity contribution in [2.45, 2.75) is 19.5 Å². The molecule has 1 amide bonds. The first-order valence-electron chi connectivity index (χ1n) is 6.22. The Hall–Kier alpha value is -2.34. The Bertz CT molecular complexity index is 593. The minimum Gasteiger partial charge on any atom is -0.497 e. The van der Waals surface area contributed by atoms with Crippen molar-refractivity contribution in [3.05, 3.63) is 47.7 Å². The predicted molar refractivity (Wildman–Crippen MR) is 73.3 cm³/mol. The Morgan fingerprint density at radius 3 is 3.00 bits per heavy atom. The quantitative estimate of drug-likeness (QED) is 0.865. The lowest BCUT2D eigenvalue weighted by Crippen LogP contribution is -2.23. The fourth-order valence-electron chi connectivity index (χ4n) is 1.66. The predicted octanol–water partition coefficient (Wildman–Crippen LogP) is 1.63. The van der Waals surface area contributed by atoms with Crippen LogP contribution in [-0.4, -0.2) is 18.0 Å². The average molecular weight is 275 g/mol. The maximum absolute atomic E-state index is 11.9. The van der Waals surface area contributed by atoms with Gasteiger partial charge >= 0.3 is 0 Å². The first kappa shape index (κ1) is 14.1. The van der Waals surface area contributed by atoms with Crippen molar-refractivity contribution >= 4 is 5.91 Å². The molecule has 6 nitrogen and oxygen atoms in total. The molecule has 0 radical (unpaired) electrons. The van der Waals surface area contributed by atoms with Gasteiger partial charge in [0.2, 0.25) is 5.89 Å². The molecule has 1 atom stereocenters. The van der Waals surface area contributed by atoms with E-state index in [4.69, 9.17) is 14.9 Å². The Morgan fingerprint density at radius 1 is 1.55 bits per heavy atom. The summed E-state index contributed by atoms with van der Waals surface area (Å²) in [4.78, 5) is 15.9. The van der Waals surface area contributed by atoms with E-state index in [1.807, 2.05) is 24.3 Å². The summed E-state index contributed by atoms with van der Waals surface area (Å²) in [6.45, 7) is 2.13. The molecule has 0 saturated carbocycles. The van der Waals surface area contributed by atoms with Gasteiger partial charge < -0.3 is 20.2 Å². The number of hydrogen-bond acceptors (Lipinski definition) is 5. The van der Waals surface area contributed by atoms with Gasteiger partial charge in [0, 0.05) is 6.54 Å². The molecule has 2 rings (SSSR count). The molecular weight excluding hydrogens is 258 g/mol. The van der Waals surface area contributed by atoms with E-state index in [1.54, 1.807) is 14.0 Å². The standard InChI is InChI=1S/C14H17N3O3/c1-9(15)14-17-12(8-20-14)13(18)16-7-10-4-3-5-11(6-10)19-2/h3-6,8-9H,7,15H2,1-2H3,(H,16,18). The van der Waals surface area contributed by atoms with Crippen molar-refractivity contribution in [1.29, 1.82) is 0 Å². The third kappa shape index (κ3) is 3.36. The van der Waals surface area contributed by atoms with Crippen LogP contribution in [0.3, 0.4) is 0 Å². The lowest BCUT2D eigenvalue weighted by Gasteiger charge is -2.05. The van der Waals surface area contributed by atoms with E-state index < -0.39 is 0 Å². The van der Waals surface area contributed by atoms with Gasteiger partial charge in [0.15, 0.2) is 5.69 Å². The molecular formula is C14H17N3O3. The lowest BCUT2D eigenvalue weighted by molar-refractivity contribution is 0.0946. The number of nitrogens with one attached hydrogen (secondary N) is 1. The van der Waals surface area contributed by atoms with Gasteiger partial charge in [0.1, 0.15) is 12.0 Å². The number of carbonyl (C=O) groups is 1. The van der Waals surface area contributed by atoms with Gasteiger partial charge in [-0.05, 0) is 24.6 Å². The van der Waals surface area contributed by atoms with E-state index in [0.29, 0.717) is 12.4 Å². The fraction of sp³-hybridized carbons (Fsp3) is 0.286. The highest BCUT2D eigenvalue weighted by Crippen LogP contribution is 2.13. The van der Waals surface area contributed by atoms with Gasteiger partial charge in [-0.2, -0.15) is 0 Å². The second-order valence-electron chi connectivity index (χ2n) is 4.39. The molecule has 2 aromatic rings. The number of ether oxygens (including phenoxy) is 1. The maximum Gasteiger partial charge on any atom is 0.273 e. The zero-order valence-electron chi connectivity index (χ0n) is 11.4. The molecule has 1 heterocycles. The van der Waals surface area contributed by atoms with Crippen LogP contribution in [0.4, 0.5) is 0 Å².